The zero-order chi connectivity index (χ0) is 12.1. The Morgan fingerprint density at radius 1 is 1.25 bits per heavy atom. The van der Waals surface area contributed by atoms with Crippen molar-refractivity contribution >= 4 is 23.1 Å². The van der Waals surface area contributed by atoms with Gasteiger partial charge in [-0.1, -0.05) is 17.7 Å². The zero-order valence-electron chi connectivity index (χ0n) is 9.02. The number of amides is 1. The number of Topliss-reactive ketones (excluding diaryl/α,β-unsaturated/α-hetero) is 1. The van der Waals surface area contributed by atoms with Crippen molar-refractivity contribution in [2.24, 2.45) is 0 Å². The summed E-state index contributed by atoms with van der Waals surface area (Å²) in [5.41, 5.74) is 9.58. The molecule has 0 atom stereocenters. The first-order chi connectivity index (χ1) is 7.54. The monoisotopic (exact) mass is 217 g/mol. The minimum absolute atomic E-state index is 0.513. The van der Waals surface area contributed by atoms with Crippen molar-refractivity contribution in [3.63, 3.8) is 0 Å². The molecule has 0 radical (unpaired) electrons. The van der Waals surface area contributed by atoms with Gasteiger partial charge in [0.25, 0.3) is 0 Å². The molecule has 5 heteroatoms. The summed E-state index contributed by atoms with van der Waals surface area (Å²) >= 11 is 0. The smallest absolute Gasteiger partial charge is 0.360 e. The van der Waals surface area contributed by atoms with Gasteiger partial charge in [-0.25, -0.2) is 0 Å². The minimum atomic E-state index is -0.723. The van der Waals surface area contributed by atoms with E-state index in [2.05, 4.69) is 10.1 Å². The van der Waals surface area contributed by atoms with Gasteiger partial charge < -0.3 is 10.8 Å². The zero-order valence-corrected chi connectivity index (χ0v) is 9.02. The maximum Gasteiger partial charge on any atom is 0.421 e. The summed E-state index contributed by atoms with van der Waals surface area (Å²) in [6.07, 6.45) is 0. The predicted molar refractivity (Wildman–Crippen MR) is 59.1 cm³/mol. The highest BCUT2D eigenvalue weighted by Gasteiger charge is 2.25. The van der Waals surface area contributed by atoms with Crippen molar-refractivity contribution in [3.05, 3.63) is 35.4 Å². The lowest BCUT2D eigenvalue weighted by Gasteiger charge is -2.01. The van der Waals surface area contributed by atoms with E-state index in [0.29, 0.717) is 5.69 Å². The molecular weight excluding hydrogens is 206 g/mol. The molecule has 1 aromatic carbocycles. The van der Waals surface area contributed by atoms with E-state index in [1.165, 1.54) is 0 Å². The molecule has 82 valence electrons. The van der Waals surface area contributed by atoms with Crippen molar-refractivity contribution in [3.8, 4) is 0 Å². The molecule has 5 nitrogen and oxygen atoms in total. The predicted octanol–water partition coefficient (Wildman–Crippen LogP) is 1.19. The Hall–Kier alpha value is -2.26. The lowest BCUT2D eigenvalue weighted by atomic mass is 10.2. The summed E-state index contributed by atoms with van der Waals surface area (Å²) in [6, 6.07) is 7.03. The fourth-order valence-electron chi connectivity index (χ4n) is 1.10. The normalized spacial score (nSPS) is 9.12. The van der Waals surface area contributed by atoms with Crippen molar-refractivity contribution < 1.29 is 14.4 Å². The van der Waals surface area contributed by atoms with Crippen molar-refractivity contribution in [1.82, 2.24) is 0 Å². The molecule has 0 unspecified atom stereocenters. The Kier molecular flexibility index (Phi) is 3.69. The Labute approximate surface area is 92.7 Å². The van der Waals surface area contributed by atoms with E-state index in [0.717, 1.165) is 12.5 Å². The number of nitrogens with zero attached hydrogens (tertiary/aromatic N) is 2. The van der Waals surface area contributed by atoms with Crippen molar-refractivity contribution in [2.75, 3.05) is 5.32 Å². The molecule has 0 aliphatic carbocycles. The van der Waals surface area contributed by atoms with E-state index in [9.17, 15) is 9.59 Å². The third-order valence-corrected chi connectivity index (χ3v) is 1.96. The number of ketones is 1. The summed E-state index contributed by atoms with van der Waals surface area (Å²) in [4.78, 5) is 25.0. The number of rotatable bonds is 3. The van der Waals surface area contributed by atoms with E-state index in [1.54, 1.807) is 12.1 Å². The number of hydrogen-bond acceptors (Lipinski definition) is 2. The number of anilines is 1. The molecule has 1 amide bonds. The van der Waals surface area contributed by atoms with Crippen LogP contribution in [0.2, 0.25) is 0 Å². The maximum absolute atomic E-state index is 11.4. The first-order valence-corrected chi connectivity index (χ1v) is 4.65. The highest BCUT2D eigenvalue weighted by molar-refractivity contribution is 6.65. The van der Waals surface area contributed by atoms with Crippen LogP contribution in [0, 0.1) is 6.92 Å². The molecule has 0 saturated carbocycles. The van der Waals surface area contributed by atoms with Crippen LogP contribution >= 0.6 is 0 Å². The van der Waals surface area contributed by atoms with Crippen LogP contribution in [-0.4, -0.2) is 22.2 Å². The molecule has 0 aliphatic rings. The fraction of sp³-hybridized carbons (Fsp3) is 0.182. The van der Waals surface area contributed by atoms with Gasteiger partial charge in [-0.3, -0.25) is 9.59 Å². The summed E-state index contributed by atoms with van der Waals surface area (Å²) in [7, 11) is 0. The van der Waals surface area contributed by atoms with Gasteiger partial charge in [-0.05, 0) is 19.1 Å². The molecular formula is C11H11N3O2. The SMILES string of the molecule is CC(=O)C(=[N+]=[N-])C(=O)Nc1ccc(C)cc1. The van der Waals surface area contributed by atoms with Crippen LogP contribution in [0.25, 0.3) is 5.53 Å². The van der Waals surface area contributed by atoms with Crippen LogP contribution in [0.1, 0.15) is 12.5 Å². The second kappa shape index (κ2) is 5.00. The lowest BCUT2D eigenvalue weighted by Crippen LogP contribution is -2.29. The molecule has 1 rings (SSSR count). The Morgan fingerprint density at radius 3 is 2.25 bits per heavy atom. The molecule has 16 heavy (non-hydrogen) atoms. The van der Waals surface area contributed by atoms with E-state index in [-0.39, 0.29) is 0 Å². The summed E-state index contributed by atoms with van der Waals surface area (Å²) in [6.45, 7) is 3.07. The second-order valence-corrected chi connectivity index (χ2v) is 3.32. The third-order valence-electron chi connectivity index (χ3n) is 1.96. The molecule has 0 fully saturated rings. The van der Waals surface area contributed by atoms with Gasteiger partial charge in [0.15, 0.2) is 0 Å². The van der Waals surface area contributed by atoms with Crippen LogP contribution in [-0.2, 0) is 9.59 Å². The van der Waals surface area contributed by atoms with Crippen molar-refractivity contribution in [1.29, 1.82) is 0 Å². The standard InChI is InChI=1S/C11H11N3O2/c1-7-3-5-9(6-4-7)13-11(16)10(14-12)8(2)15/h3-6H,1-2H3,(H,13,16). The lowest BCUT2D eigenvalue weighted by molar-refractivity contribution is -0.121. The van der Waals surface area contributed by atoms with Gasteiger partial charge in [-0.2, -0.15) is 4.79 Å². The average Bonchev–Trinajstić information content (AvgIpc) is 2.22. The van der Waals surface area contributed by atoms with E-state index in [1.807, 2.05) is 19.1 Å². The highest BCUT2D eigenvalue weighted by atomic mass is 16.2. The average molecular weight is 217 g/mol. The third kappa shape index (κ3) is 2.87. The number of carbonyl (C=O) groups is 2. The van der Waals surface area contributed by atoms with Crippen molar-refractivity contribution in [2.45, 2.75) is 13.8 Å². The summed E-state index contributed by atoms with van der Waals surface area (Å²) in [5.74, 6) is -1.31. The van der Waals surface area contributed by atoms with E-state index >= 15 is 0 Å². The summed E-state index contributed by atoms with van der Waals surface area (Å²) in [5, 5.41) is 2.45. The fourth-order valence-corrected chi connectivity index (χ4v) is 1.10. The number of nitrogens with one attached hydrogen (secondary N) is 1. The molecule has 1 N–H and O–H groups in total. The van der Waals surface area contributed by atoms with Crippen LogP contribution < -0.4 is 5.32 Å². The van der Waals surface area contributed by atoms with Gasteiger partial charge in [0.05, 0.1) is 0 Å². The van der Waals surface area contributed by atoms with Gasteiger partial charge in [-0.15, -0.1) is 0 Å². The highest BCUT2D eigenvalue weighted by Crippen LogP contribution is 2.08. The van der Waals surface area contributed by atoms with Gasteiger partial charge in [0.2, 0.25) is 5.78 Å². The molecule has 0 spiro atoms. The van der Waals surface area contributed by atoms with Crippen LogP contribution in [0.4, 0.5) is 5.69 Å². The van der Waals surface area contributed by atoms with Gasteiger partial charge in [0, 0.05) is 12.6 Å². The van der Waals surface area contributed by atoms with Crippen LogP contribution in [0.15, 0.2) is 24.3 Å². The minimum Gasteiger partial charge on any atom is -0.360 e. The van der Waals surface area contributed by atoms with E-state index in [4.69, 9.17) is 5.53 Å². The number of hydrogen-bond donors (Lipinski definition) is 1. The van der Waals surface area contributed by atoms with Gasteiger partial charge in [0.1, 0.15) is 0 Å². The molecule has 0 heterocycles. The summed E-state index contributed by atoms with van der Waals surface area (Å²) < 4.78 is 0. The molecule has 0 aliphatic heterocycles. The largest absolute Gasteiger partial charge is 0.421 e. The first-order valence-electron chi connectivity index (χ1n) is 4.65. The molecule has 0 aromatic heterocycles. The number of carbonyl (C=O) groups excluding carboxylic acids is 2. The quantitative estimate of drug-likeness (QED) is 0.357. The molecule has 1 aromatic rings. The Balaban J connectivity index is 2.83. The second-order valence-electron chi connectivity index (χ2n) is 3.32. The number of aryl methyl sites for hydroxylation is 1. The maximum atomic E-state index is 11.4. The molecule has 0 bridgehead atoms. The van der Waals surface area contributed by atoms with Crippen LogP contribution in [0.3, 0.4) is 0 Å². The number of benzene rings is 1. The Morgan fingerprint density at radius 2 is 1.81 bits per heavy atom. The first kappa shape index (κ1) is 11.8. The Bertz CT molecular complexity index is 471. The van der Waals surface area contributed by atoms with Crippen LogP contribution in [0.5, 0.6) is 0 Å². The topological polar surface area (TPSA) is 82.6 Å². The van der Waals surface area contributed by atoms with E-state index < -0.39 is 17.4 Å². The molecule has 0 saturated heterocycles. The van der Waals surface area contributed by atoms with Gasteiger partial charge >= 0.3 is 11.6 Å².